The zero-order valence-electron chi connectivity index (χ0n) is 8.70. The fraction of sp³-hybridized carbons (Fsp3) is 0.545. The molecule has 0 amide bonds. The van der Waals surface area contributed by atoms with Crippen molar-refractivity contribution in [3.05, 3.63) is 29.0 Å². The van der Waals surface area contributed by atoms with Gasteiger partial charge in [0, 0.05) is 18.4 Å². The molecule has 0 aromatic carbocycles. The van der Waals surface area contributed by atoms with Crippen molar-refractivity contribution in [2.24, 2.45) is 11.7 Å². The summed E-state index contributed by atoms with van der Waals surface area (Å²) in [4.78, 5) is 3.94. The van der Waals surface area contributed by atoms with E-state index in [1.807, 2.05) is 6.07 Å². The molecule has 1 rings (SSSR count). The number of aromatic nitrogens is 1. The Morgan fingerprint density at radius 2 is 2.14 bits per heavy atom. The maximum atomic E-state index is 6.03. The molecule has 0 spiro atoms. The van der Waals surface area contributed by atoms with Crippen molar-refractivity contribution >= 4 is 11.6 Å². The molecule has 1 aromatic rings. The third kappa shape index (κ3) is 3.28. The molecule has 2 N–H and O–H groups in total. The molecule has 1 heterocycles. The van der Waals surface area contributed by atoms with Crippen LogP contribution in [-0.4, -0.2) is 4.98 Å². The van der Waals surface area contributed by atoms with Crippen LogP contribution >= 0.6 is 11.6 Å². The van der Waals surface area contributed by atoms with Gasteiger partial charge < -0.3 is 5.73 Å². The Kier molecular flexibility index (Phi) is 4.36. The lowest BCUT2D eigenvalue weighted by atomic mass is 9.99. The van der Waals surface area contributed by atoms with E-state index in [0.29, 0.717) is 10.9 Å². The first kappa shape index (κ1) is 11.5. The zero-order valence-corrected chi connectivity index (χ0v) is 9.46. The van der Waals surface area contributed by atoms with Gasteiger partial charge in [-0.2, -0.15) is 0 Å². The summed E-state index contributed by atoms with van der Waals surface area (Å²) in [6, 6.07) is 1.93. The third-order valence-corrected chi connectivity index (χ3v) is 2.57. The SMILES string of the molecule is CC(C)CC[C@H](N)c1ccncc1Cl. The number of hydrogen-bond donors (Lipinski definition) is 1. The molecular weight excluding hydrogens is 196 g/mol. The van der Waals surface area contributed by atoms with Gasteiger partial charge in [0.25, 0.3) is 0 Å². The Hall–Kier alpha value is -0.600. The van der Waals surface area contributed by atoms with Gasteiger partial charge >= 0.3 is 0 Å². The molecule has 0 saturated carbocycles. The Labute approximate surface area is 90.5 Å². The number of hydrogen-bond acceptors (Lipinski definition) is 2. The first-order valence-corrected chi connectivity index (χ1v) is 5.34. The summed E-state index contributed by atoms with van der Waals surface area (Å²) in [6.45, 7) is 4.39. The van der Waals surface area contributed by atoms with Crippen molar-refractivity contribution in [2.45, 2.75) is 32.7 Å². The Bertz CT molecular complexity index is 286. The summed E-state index contributed by atoms with van der Waals surface area (Å²) in [5.74, 6) is 0.682. The Morgan fingerprint density at radius 1 is 1.43 bits per heavy atom. The Balaban J connectivity index is 2.60. The van der Waals surface area contributed by atoms with Crippen LogP contribution in [0.25, 0.3) is 0 Å². The largest absolute Gasteiger partial charge is 0.324 e. The number of rotatable bonds is 4. The van der Waals surface area contributed by atoms with Crippen molar-refractivity contribution < 1.29 is 0 Å². The highest BCUT2D eigenvalue weighted by molar-refractivity contribution is 6.31. The van der Waals surface area contributed by atoms with Gasteiger partial charge in [0.05, 0.1) is 5.02 Å². The molecular formula is C11H17ClN2. The van der Waals surface area contributed by atoms with Crippen LogP contribution in [0.3, 0.4) is 0 Å². The zero-order chi connectivity index (χ0) is 10.6. The molecule has 1 atom stereocenters. The van der Waals surface area contributed by atoms with Crippen LogP contribution < -0.4 is 5.73 Å². The highest BCUT2D eigenvalue weighted by atomic mass is 35.5. The number of nitrogens with zero attached hydrogens (tertiary/aromatic N) is 1. The molecule has 78 valence electrons. The molecule has 0 bridgehead atoms. The molecule has 0 aliphatic rings. The maximum Gasteiger partial charge on any atom is 0.0637 e. The van der Waals surface area contributed by atoms with E-state index in [1.54, 1.807) is 12.4 Å². The molecule has 0 aliphatic heterocycles. The molecule has 0 unspecified atom stereocenters. The van der Waals surface area contributed by atoms with Gasteiger partial charge in [0.15, 0.2) is 0 Å². The van der Waals surface area contributed by atoms with Gasteiger partial charge in [-0.1, -0.05) is 25.4 Å². The standard InChI is InChI=1S/C11H17ClN2/c1-8(2)3-4-11(13)9-5-6-14-7-10(9)12/h5-8,11H,3-4,13H2,1-2H3/t11-/m0/s1. The minimum atomic E-state index is 0.0351. The minimum absolute atomic E-state index is 0.0351. The van der Waals surface area contributed by atoms with Crippen molar-refractivity contribution in [1.29, 1.82) is 0 Å². The molecule has 0 fully saturated rings. The first-order valence-electron chi connectivity index (χ1n) is 4.96. The molecule has 14 heavy (non-hydrogen) atoms. The second kappa shape index (κ2) is 5.32. The topological polar surface area (TPSA) is 38.9 Å². The van der Waals surface area contributed by atoms with Crippen molar-refractivity contribution in [3.63, 3.8) is 0 Å². The van der Waals surface area contributed by atoms with Crippen molar-refractivity contribution in [1.82, 2.24) is 4.98 Å². The number of pyridine rings is 1. The van der Waals surface area contributed by atoms with E-state index >= 15 is 0 Å². The van der Waals surface area contributed by atoms with Crippen molar-refractivity contribution in [3.8, 4) is 0 Å². The summed E-state index contributed by atoms with van der Waals surface area (Å²) >= 11 is 5.99. The van der Waals surface area contributed by atoms with Crippen molar-refractivity contribution in [2.75, 3.05) is 0 Å². The van der Waals surface area contributed by atoms with E-state index in [2.05, 4.69) is 18.8 Å². The van der Waals surface area contributed by atoms with Crippen LogP contribution in [-0.2, 0) is 0 Å². The summed E-state index contributed by atoms with van der Waals surface area (Å²) in [5, 5.41) is 0.670. The molecule has 0 radical (unpaired) electrons. The quantitative estimate of drug-likeness (QED) is 0.833. The molecule has 3 heteroatoms. The minimum Gasteiger partial charge on any atom is -0.324 e. The molecule has 2 nitrogen and oxygen atoms in total. The second-order valence-electron chi connectivity index (χ2n) is 3.97. The summed E-state index contributed by atoms with van der Waals surface area (Å²) < 4.78 is 0. The van der Waals surface area contributed by atoms with E-state index in [4.69, 9.17) is 17.3 Å². The van der Waals surface area contributed by atoms with Gasteiger partial charge in [0.1, 0.15) is 0 Å². The lowest BCUT2D eigenvalue weighted by molar-refractivity contribution is 0.507. The average Bonchev–Trinajstić information content (AvgIpc) is 2.15. The van der Waals surface area contributed by atoms with E-state index in [0.717, 1.165) is 18.4 Å². The maximum absolute atomic E-state index is 6.03. The fourth-order valence-electron chi connectivity index (χ4n) is 1.36. The van der Waals surface area contributed by atoms with Gasteiger partial charge in [-0.3, -0.25) is 4.98 Å². The van der Waals surface area contributed by atoms with Gasteiger partial charge in [-0.15, -0.1) is 0 Å². The van der Waals surface area contributed by atoms with E-state index in [1.165, 1.54) is 0 Å². The molecule has 1 aromatic heterocycles. The van der Waals surface area contributed by atoms with Crippen LogP contribution in [0.2, 0.25) is 5.02 Å². The normalized spacial score (nSPS) is 13.2. The number of halogens is 1. The van der Waals surface area contributed by atoms with E-state index in [9.17, 15) is 0 Å². The van der Waals surface area contributed by atoms with Gasteiger partial charge in [-0.05, 0) is 30.4 Å². The third-order valence-electron chi connectivity index (χ3n) is 2.26. The number of nitrogens with two attached hydrogens (primary N) is 1. The predicted molar refractivity (Wildman–Crippen MR) is 60.2 cm³/mol. The van der Waals surface area contributed by atoms with E-state index in [-0.39, 0.29) is 6.04 Å². The van der Waals surface area contributed by atoms with Crippen LogP contribution in [0.4, 0.5) is 0 Å². The summed E-state index contributed by atoms with van der Waals surface area (Å²) in [6.07, 6.45) is 5.48. The van der Waals surface area contributed by atoms with Crippen LogP contribution in [0.15, 0.2) is 18.5 Å². The highest BCUT2D eigenvalue weighted by Gasteiger charge is 2.10. The van der Waals surface area contributed by atoms with Crippen LogP contribution in [0.1, 0.15) is 38.3 Å². The monoisotopic (exact) mass is 212 g/mol. The van der Waals surface area contributed by atoms with Crippen LogP contribution in [0, 0.1) is 5.92 Å². The van der Waals surface area contributed by atoms with E-state index < -0.39 is 0 Å². The summed E-state index contributed by atoms with van der Waals surface area (Å²) in [7, 11) is 0. The first-order chi connectivity index (χ1) is 6.61. The van der Waals surface area contributed by atoms with Gasteiger partial charge in [0.2, 0.25) is 0 Å². The molecule has 0 saturated heterocycles. The highest BCUT2D eigenvalue weighted by Crippen LogP contribution is 2.24. The fourth-order valence-corrected chi connectivity index (χ4v) is 1.61. The predicted octanol–water partition coefficient (Wildman–Crippen LogP) is 3.17. The van der Waals surface area contributed by atoms with Crippen LogP contribution in [0.5, 0.6) is 0 Å². The molecule has 0 aliphatic carbocycles. The second-order valence-corrected chi connectivity index (χ2v) is 4.38. The summed E-state index contributed by atoms with van der Waals surface area (Å²) in [5.41, 5.74) is 7.03. The lowest BCUT2D eigenvalue weighted by Gasteiger charge is -2.14. The smallest absolute Gasteiger partial charge is 0.0637 e. The lowest BCUT2D eigenvalue weighted by Crippen LogP contribution is -2.11. The average molecular weight is 213 g/mol. The Morgan fingerprint density at radius 3 is 2.71 bits per heavy atom. The van der Waals surface area contributed by atoms with Gasteiger partial charge in [-0.25, -0.2) is 0 Å².